The van der Waals surface area contributed by atoms with E-state index in [0.29, 0.717) is 24.7 Å². The zero-order valence-electron chi connectivity index (χ0n) is 14.8. The van der Waals surface area contributed by atoms with Gasteiger partial charge in [-0.25, -0.2) is 19.7 Å². The molecule has 0 radical (unpaired) electrons. The third-order valence-corrected chi connectivity index (χ3v) is 5.36. The highest BCUT2D eigenvalue weighted by atomic mass is 16.5. The van der Waals surface area contributed by atoms with Crippen molar-refractivity contribution >= 4 is 17.8 Å². The van der Waals surface area contributed by atoms with Crippen molar-refractivity contribution in [3.05, 3.63) is 36.2 Å². The number of nitrogens with one attached hydrogen (secondary N) is 1. The molecule has 27 heavy (non-hydrogen) atoms. The standard InChI is InChI=1S/C19H18N4O4/c1-2-11-17(24)23(18(25)22-11)14-8-21-15(9-20-14)27-13-5-3-4-12-16(13)19(6-7-19)10-26-12/h3-5,8-9,11H,2,6-7,10H2,1H3,(H,22,25)/t11-/m1/s1. The van der Waals surface area contributed by atoms with Gasteiger partial charge in [0.15, 0.2) is 5.82 Å². The van der Waals surface area contributed by atoms with Crippen LogP contribution in [0.5, 0.6) is 17.4 Å². The lowest BCUT2D eigenvalue weighted by Crippen LogP contribution is -2.32. The van der Waals surface area contributed by atoms with Gasteiger partial charge >= 0.3 is 6.03 Å². The molecule has 1 N–H and O–H groups in total. The van der Waals surface area contributed by atoms with Crippen LogP contribution in [-0.4, -0.2) is 34.6 Å². The highest BCUT2D eigenvalue weighted by Crippen LogP contribution is 2.58. The van der Waals surface area contributed by atoms with Crippen LogP contribution in [0.4, 0.5) is 10.6 Å². The zero-order chi connectivity index (χ0) is 18.6. The monoisotopic (exact) mass is 366 g/mol. The van der Waals surface area contributed by atoms with Crippen molar-refractivity contribution in [2.24, 2.45) is 0 Å². The lowest BCUT2D eigenvalue weighted by Gasteiger charge is -2.14. The molecule has 1 saturated carbocycles. The second-order valence-electron chi connectivity index (χ2n) is 7.10. The first-order chi connectivity index (χ1) is 13.1. The quantitative estimate of drug-likeness (QED) is 0.836. The van der Waals surface area contributed by atoms with Crippen molar-refractivity contribution in [3.8, 4) is 17.4 Å². The molecule has 0 unspecified atom stereocenters. The summed E-state index contributed by atoms with van der Waals surface area (Å²) in [5, 5.41) is 2.63. The Bertz CT molecular complexity index is 939. The predicted octanol–water partition coefficient (Wildman–Crippen LogP) is 2.53. The van der Waals surface area contributed by atoms with E-state index in [1.54, 1.807) is 0 Å². The van der Waals surface area contributed by atoms with Gasteiger partial charge in [0.1, 0.15) is 17.5 Å². The Balaban J connectivity index is 1.39. The zero-order valence-corrected chi connectivity index (χ0v) is 14.8. The first-order valence-corrected chi connectivity index (χ1v) is 9.02. The number of carbonyl (C=O) groups excluding carboxylic acids is 2. The van der Waals surface area contributed by atoms with Gasteiger partial charge in [0.2, 0.25) is 5.88 Å². The summed E-state index contributed by atoms with van der Waals surface area (Å²) in [7, 11) is 0. The number of benzene rings is 1. The molecule has 1 saturated heterocycles. The summed E-state index contributed by atoms with van der Waals surface area (Å²) in [4.78, 5) is 33.7. The Kier molecular flexibility index (Phi) is 3.37. The summed E-state index contributed by atoms with van der Waals surface area (Å²) in [6.07, 6.45) is 5.51. The number of carbonyl (C=O) groups is 2. The first kappa shape index (κ1) is 16.0. The summed E-state index contributed by atoms with van der Waals surface area (Å²) in [5.74, 6) is 1.74. The van der Waals surface area contributed by atoms with Crippen LogP contribution in [0.2, 0.25) is 0 Å². The van der Waals surface area contributed by atoms with Crippen LogP contribution >= 0.6 is 0 Å². The van der Waals surface area contributed by atoms with E-state index in [2.05, 4.69) is 15.3 Å². The molecule has 8 heteroatoms. The Morgan fingerprint density at radius 2 is 2.15 bits per heavy atom. The van der Waals surface area contributed by atoms with Crippen LogP contribution in [0.15, 0.2) is 30.6 Å². The smallest absolute Gasteiger partial charge is 0.330 e. The molecule has 1 aromatic carbocycles. The molecular weight excluding hydrogens is 348 g/mol. The fraction of sp³-hybridized carbons (Fsp3) is 0.368. The van der Waals surface area contributed by atoms with Gasteiger partial charge in [0.05, 0.1) is 19.0 Å². The predicted molar refractivity (Wildman–Crippen MR) is 95.1 cm³/mol. The molecule has 2 fully saturated rings. The lowest BCUT2D eigenvalue weighted by atomic mass is 9.97. The summed E-state index contributed by atoms with van der Waals surface area (Å²) < 4.78 is 11.7. The van der Waals surface area contributed by atoms with E-state index in [0.717, 1.165) is 29.1 Å². The molecule has 2 aliphatic heterocycles. The Hall–Kier alpha value is -3.16. The molecule has 1 atom stereocenters. The number of urea groups is 1. The minimum atomic E-state index is -0.517. The van der Waals surface area contributed by atoms with Crippen LogP contribution in [0.1, 0.15) is 31.7 Å². The van der Waals surface area contributed by atoms with Crippen LogP contribution in [-0.2, 0) is 10.2 Å². The van der Waals surface area contributed by atoms with E-state index in [1.807, 2.05) is 25.1 Å². The summed E-state index contributed by atoms with van der Waals surface area (Å²) in [5.41, 5.74) is 1.17. The number of nitrogens with zero attached hydrogens (tertiary/aromatic N) is 3. The van der Waals surface area contributed by atoms with Crippen LogP contribution in [0.3, 0.4) is 0 Å². The molecule has 8 nitrogen and oxygen atoms in total. The molecule has 1 spiro atoms. The van der Waals surface area contributed by atoms with Crippen molar-refractivity contribution in [1.29, 1.82) is 0 Å². The van der Waals surface area contributed by atoms with Crippen molar-refractivity contribution < 1.29 is 19.1 Å². The number of anilines is 1. The molecule has 1 aliphatic carbocycles. The first-order valence-electron chi connectivity index (χ1n) is 9.02. The molecule has 138 valence electrons. The minimum Gasteiger partial charge on any atom is -0.492 e. The van der Waals surface area contributed by atoms with Gasteiger partial charge in [0.25, 0.3) is 5.91 Å². The van der Waals surface area contributed by atoms with Crippen LogP contribution in [0.25, 0.3) is 0 Å². The molecule has 0 bridgehead atoms. The summed E-state index contributed by atoms with van der Waals surface area (Å²) in [6.45, 7) is 2.53. The van der Waals surface area contributed by atoms with E-state index >= 15 is 0 Å². The van der Waals surface area contributed by atoms with E-state index in [9.17, 15) is 9.59 Å². The second-order valence-corrected chi connectivity index (χ2v) is 7.10. The molecular formula is C19H18N4O4. The van der Waals surface area contributed by atoms with Crippen molar-refractivity contribution in [1.82, 2.24) is 15.3 Å². The van der Waals surface area contributed by atoms with Gasteiger partial charge < -0.3 is 14.8 Å². The normalized spacial score (nSPS) is 21.8. The van der Waals surface area contributed by atoms with E-state index in [-0.39, 0.29) is 17.1 Å². The fourth-order valence-corrected chi connectivity index (χ4v) is 3.69. The van der Waals surface area contributed by atoms with Crippen LogP contribution < -0.4 is 19.7 Å². The third-order valence-electron chi connectivity index (χ3n) is 5.36. The molecule has 1 aromatic heterocycles. The van der Waals surface area contributed by atoms with E-state index in [4.69, 9.17) is 9.47 Å². The maximum atomic E-state index is 12.3. The number of hydrogen-bond donors (Lipinski definition) is 1. The average Bonchev–Trinajstić information content (AvgIpc) is 3.27. The molecule has 3 heterocycles. The minimum absolute atomic E-state index is 0.0779. The molecule has 5 rings (SSSR count). The maximum absolute atomic E-state index is 12.3. The topological polar surface area (TPSA) is 93.7 Å². The van der Waals surface area contributed by atoms with Gasteiger partial charge in [-0.3, -0.25) is 4.79 Å². The Morgan fingerprint density at radius 3 is 2.81 bits per heavy atom. The highest BCUT2D eigenvalue weighted by molar-refractivity contribution is 6.20. The van der Waals surface area contributed by atoms with Gasteiger partial charge in [0, 0.05) is 11.0 Å². The third kappa shape index (κ3) is 2.43. The second kappa shape index (κ2) is 5.67. The molecule has 3 amide bonds. The summed E-state index contributed by atoms with van der Waals surface area (Å²) in [6, 6.07) is 4.73. The number of fused-ring (bicyclic) bond motifs is 2. The van der Waals surface area contributed by atoms with Gasteiger partial charge in [-0.1, -0.05) is 13.0 Å². The SMILES string of the molecule is CC[C@H]1NC(=O)N(c2cnc(Oc3cccc4c3C3(CC3)CO4)cn2)C1=O. The van der Waals surface area contributed by atoms with Crippen molar-refractivity contribution in [2.45, 2.75) is 37.6 Å². The van der Waals surface area contributed by atoms with Gasteiger partial charge in [-0.15, -0.1) is 0 Å². The Labute approximate surface area is 155 Å². The number of ether oxygens (including phenoxy) is 2. The van der Waals surface area contributed by atoms with Crippen molar-refractivity contribution in [2.75, 3.05) is 11.5 Å². The number of aromatic nitrogens is 2. The summed E-state index contributed by atoms with van der Waals surface area (Å²) >= 11 is 0. The van der Waals surface area contributed by atoms with Gasteiger partial charge in [-0.2, -0.15) is 0 Å². The lowest BCUT2D eigenvalue weighted by molar-refractivity contribution is -0.118. The molecule has 2 aromatic rings. The van der Waals surface area contributed by atoms with E-state index < -0.39 is 12.1 Å². The fourth-order valence-electron chi connectivity index (χ4n) is 3.69. The number of hydrogen-bond acceptors (Lipinski definition) is 6. The number of amides is 3. The molecule has 3 aliphatic rings. The Morgan fingerprint density at radius 1 is 1.30 bits per heavy atom. The number of rotatable bonds is 4. The number of imide groups is 1. The maximum Gasteiger partial charge on any atom is 0.330 e. The average molecular weight is 366 g/mol. The largest absolute Gasteiger partial charge is 0.492 e. The van der Waals surface area contributed by atoms with E-state index in [1.165, 1.54) is 12.4 Å². The van der Waals surface area contributed by atoms with Crippen LogP contribution in [0, 0.1) is 0 Å². The highest BCUT2D eigenvalue weighted by Gasteiger charge is 2.52. The van der Waals surface area contributed by atoms with Crippen molar-refractivity contribution in [3.63, 3.8) is 0 Å². The van der Waals surface area contributed by atoms with Gasteiger partial charge in [-0.05, 0) is 31.4 Å².